The van der Waals surface area contributed by atoms with Crippen LogP contribution in [0.15, 0.2) is 12.1 Å². The minimum absolute atomic E-state index is 0.130. The predicted octanol–water partition coefficient (Wildman–Crippen LogP) is 2.29. The molecule has 1 aromatic carbocycles. The SMILES string of the molecule is CC(=O)SCC#Cc1ccc(F)c(C(=O)O)c1F. The van der Waals surface area contributed by atoms with E-state index in [4.69, 9.17) is 5.11 Å². The highest BCUT2D eigenvalue weighted by molar-refractivity contribution is 8.13. The maximum atomic E-state index is 13.6. The molecule has 1 aromatic rings. The molecule has 0 saturated carbocycles. The number of carbonyl (C=O) groups excluding carboxylic acids is 1. The van der Waals surface area contributed by atoms with Crippen LogP contribution in [0.5, 0.6) is 0 Å². The number of halogens is 2. The minimum Gasteiger partial charge on any atom is -0.477 e. The summed E-state index contributed by atoms with van der Waals surface area (Å²) in [5.41, 5.74) is -1.24. The van der Waals surface area contributed by atoms with E-state index < -0.39 is 23.2 Å². The number of thioether (sulfide) groups is 1. The van der Waals surface area contributed by atoms with Gasteiger partial charge in [0.15, 0.2) is 10.9 Å². The molecule has 0 aromatic heterocycles. The Bertz CT molecular complexity index is 558. The highest BCUT2D eigenvalue weighted by atomic mass is 32.2. The fourth-order valence-corrected chi connectivity index (χ4v) is 1.46. The fourth-order valence-electron chi connectivity index (χ4n) is 1.11. The Balaban J connectivity index is 3.01. The lowest BCUT2D eigenvalue weighted by atomic mass is 10.1. The van der Waals surface area contributed by atoms with E-state index in [9.17, 15) is 18.4 Å². The van der Waals surface area contributed by atoms with Gasteiger partial charge in [0, 0.05) is 6.92 Å². The van der Waals surface area contributed by atoms with Crippen molar-refractivity contribution in [1.82, 2.24) is 0 Å². The zero-order valence-electron chi connectivity index (χ0n) is 9.29. The van der Waals surface area contributed by atoms with Gasteiger partial charge >= 0.3 is 5.97 Å². The fraction of sp³-hybridized carbons (Fsp3) is 0.167. The minimum atomic E-state index is -1.69. The molecule has 6 heteroatoms. The number of aromatic carboxylic acids is 1. The molecule has 0 unspecified atom stereocenters. The van der Waals surface area contributed by atoms with E-state index in [1.165, 1.54) is 6.92 Å². The van der Waals surface area contributed by atoms with Crippen LogP contribution < -0.4 is 0 Å². The van der Waals surface area contributed by atoms with Crippen molar-refractivity contribution in [2.75, 3.05) is 5.75 Å². The molecule has 0 fully saturated rings. The molecule has 0 spiro atoms. The second kappa shape index (κ2) is 6.17. The van der Waals surface area contributed by atoms with E-state index >= 15 is 0 Å². The Morgan fingerprint density at radius 1 is 1.39 bits per heavy atom. The number of rotatable bonds is 2. The summed E-state index contributed by atoms with van der Waals surface area (Å²) in [6.07, 6.45) is 0. The Morgan fingerprint density at radius 2 is 2.06 bits per heavy atom. The highest BCUT2D eigenvalue weighted by Gasteiger charge is 2.18. The van der Waals surface area contributed by atoms with Gasteiger partial charge in [-0.1, -0.05) is 23.6 Å². The second-order valence-corrected chi connectivity index (χ2v) is 4.32. The zero-order chi connectivity index (χ0) is 13.7. The van der Waals surface area contributed by atoms with Crippen LogP contribution in [0.4, 0.5) is 8.78 Å². The Labute approximate surface area is 106 Å². The van der Waals surface area contributed by atoms with Gasteiger partial charge in [0.25, 0.3) is 0 Å². The van der Waals surface area contributed by atoms with Gasteiger partial charge in [-0.05, 0) is 12.1 Å². The largest absolute Gasteiger partial charge is 0.477 e. The lowest BCUT2D eigenvalue weighted by molar-refractivity contribution is -0.109. The van der Waals surface area contributed by atoms with E-state index in [1.807, 2.05) is 0 Å². The van der Waals surface area contributed by atoms with Crippen LogP contribution in [0, 0.1) is 23.5 Å². The van der Waals surface area contributed by atoms with Crippen LogP contribution in [0.2, 0.25) is 0 Å². The van der Waals surface area contributed by atoms with Gasteiger partial charge in [-0.15, -0.1) is 0 Å². The van der Waals surface area contributed by atoms with Gasteiger partial charge in [-0.2, -0.15) is 0 Å². The Hall–Kier alpha value is -1.87. The third-order valence-electron chi connectivity index (χ3n) is 1.88. The van der Waals surface area contributed by atoms with Crippen molar-refractivity contribution in [2.45, 2.75) is 6.92 Å². The molecule has 0 radical (unpaired) electrons. The van der Waals surface area contributed by atoms with Crippen LogP contribution in [-0.4, -0.2) is 21.9 Å². The van der Waals surface area contributed by atoms with Crippen LogP contribution in [0.25, 0.3) is 0 Å². The van der Waals surface area contributed by atoms with Crippen molar-refractivity contribution in [3.8, 4) is 11.8 Å². The molecule has 0 aliphatic heterocycles. The van der Waals surface area contributed by atoms with Gasteiger partial charge in [-0.3, -0.25) is 4.79 Å². The lowest BCUT2D eigenvalue weighted by Crippen LogP contribution is -2.06. The van der Waals surface area contributed by atoms with E-state index in [-0.39, 0.29) is 16.4 Å². The maximum Gasteiger partial charge on any atom is 0.341 e. The summed E-state index contributed by atoms with van der Waals surface area (Å²) in [7, 11) is 0. The standard InChI is InChI=1S/C12H8F2O3S/c1-7(15)18-6-2-3-8-4-5-9(13)10(11(8)14)12(16)17/h4-5H,6H2,1H3,(H,16,17). The topological polar surface area (TPSA) is 54.4 Å². The molecule has 18 heavy (non-hydrogen) atoms. The van der Waals surface area contributed by atoms with E-state index in [1.54, 1.807) is 0 Å². The summed E-state index contributed by atoms with van der Waals surface area (Å²) in [4.78, 5) is 21.2. The third kappa shape index (κ3) is 3.57. The summed E-state index contributed by atoms with van der Waals surface area (Å²) in [5.74, 6) is 0.977. The summed E-state index contributed by atoms with van der Waals surface area (Å²) >= 11 is 0.945. The second-order valence-electron chi connectivity index (χ2n) is 3.17. The Kier molecular flexibility index (Phi) is 4.86. The molecule has 1 N–H and O–H groups in total. The van der Waals surface area contributed by atoms with Gasteiger partial charge in [0.1, 0.15) is 11.4 Å². The number of benzene rings is 1. The van der Waals surface area contributed by atoms with Crippen molar-refractivity contribution in [3.63, 3.8) is 0 Å². The first-order valence-corrected chi connectivity index (χ1v) is 5.75. The number of hydrogen-bond donors (Lipinski definition) is 1. The van der Waals surface area contributed by atoms with Crippen molar-refractivity contribution in [2.24, 2.45) is 0 Å². The van der Waals surface area contributed by atoms with Gasteiger partial charge < -0.3 is 5.11 Å². The molecule has 0 bridgehead atoms. The van der Waals surface area contributed by atoms with Gasteiger partial charge in [0.2, 0.25) is 0 Å². The normalized spacial score (nSPS) is 9.50. The number of hydrogen-bond acceptors (Lipinski definition) is 3. The lowest BCUT2D eigenvalue weighted by Gasteiger charge is -2.01. The molecule has 94 valence electrons. The predicted molar refractivity (Wildman–Crippen MR) is 63.3 cm³/mol. The molecule has 3 nitrogen and oxygen atoms in total. The molecule has 0 aliphatic carbocycles. The molecule has 0 atom stereocenters. The molecule has 1 rings (SSSR count). The Morgan fingerprint density at radius 3 is 2.61 bits per heavy atom. The number of carbonyl (C=O) groups is 2. The van der Waals surface area contributed by atoms with E-state index in [2.05, 4.69) is 11.8 Å². The molecule has 0 saturated heterocycles. The average molecular weight is 270 g/mol. The van der Waals surface area contributed by atoms with Crippen molar-refractivity contribution in [1.29, 1.82) is 0 Å². The van der Waals surface area contributed by atoms with Crippen molar-refractivity contribution < 1.29 is 23.5 Å². The van der Waals surface area contributed by atoms with E-state index in [0.717, 1.165) is 23.9 Å². The summed E-state index contributed by atoms with van der Waals surface area (Å²) in [6.45, 7) is 1.37. The van der Waals surface area contributed by atoms with Gasteiger partial charge in [0.05, 0.1) is 11.3 Å². The first kappa shape index (κ1) is 14.2. The quantitative estimate of drug-likeness (QED) is 0.838. The first-order chi connectivity index (χ1) is 8.43. The molecular weight excluding hydrogens is 262 g/mol. The maximum absolute atomic E-state index is 13.6. The van der Waals surface area contributed by atoms with Gasteiger partial charge in [-0.25, -0.2) is 13.6 Å². The number of carboxylic acids is 1. The molecule has 0 amide bonds. The smallest absolute Gasteiger partial charge is 0.341 e. The van der Waals surface area contributed by atoms with Crippen LogP contribution in [0.1, 0.15) is 22.8 Å². The summed E-state index contributed by atoms with van der Waals surface area (Å²) < 4.78 is 26.6. The van der Waals surface area contributed by atoms with Crippen LogP contribution >= 0.6 is 11.8 Å². The summed E-state index contributed by atoms with van der Waals surface area (Å²) in [5, 5.41) is 8.51. The molecule has 0 aliphatic rings. The number of carboxylic acid groups (broad SMARTS) is 1. The van der Waals surface area contributed by atoms with Crippen molar-refractivity contribution >= 4 is 22.8 Å². The molecular formula is C12H8F2O3S. The molecule has 0 heterocycles. The summed E-state index contributed by atoms with van der Waals surface area (Å²) in [6, 6.07) is 1.90. The highest BCUT2D eigenvalue weighted by Crippen LogP contribution is 2.16. The third-order valence-corrected chi connectivity index (χ3v) is 2.57. The van der Waals surface area contributed by atoms with Crippen LogP contribution in [0.3, 0.4) is 0 Å². The van der Waals surface area contributed by atoms with E-state index in [0.29, 0.717) is 0 Å². The van der Waals surface area contributed by atoms with Crippen LogP contribution in [-0.2, 0) is 4.79 Å². The monoisotopic (exact) mass is 270 g/mol. The average Bonchev–Trinajstić information content (AvgIpc) is 2.26. The van der Waals surface area contributed by atoms with Crippen molar-refractivity contribution in [3.05, 3.63) is 34.9 Å². The first-order valence-electron chi connectivity index (χ1n) is 4.77. The zero-order valence-corrected chi connectivity index (χ0v) is 10.1.